The van der Waals surface area contributed by atoms with Gasteiger partial charge in [-0.2, -0.15) is 5.10 Å². The maximum Gasteiger partial charge on any atom is 0.353 e. The van der Waals surface area contributed by atoms with Crippen molar-refractivity contribution in [2.75, 3.05) is 19.7 Å². The summed E-state index contributed by atoms with van der Waals surface area (Å²) in [5, 5.41) is 18.2. The summed E-state index contributed by atoms with van der Waals surface area (Å²) in [6.45, 7) is 4.17. The van der Waals surface area contributed by atoms with Gasteiger partial charge in [-0.25, -0.2) is 4.68 Å². The Morgan fingerprint density at radius 1 is 1.67 bits per heavy atom. The smallest absolute Gasteiger partial charge is 0.353 e. The third-order valence-electron chi connectivity index (χ3n) is 3.25. The predicted octanol–water partition coefficient (Wildman–Crippen LogP) is 1.02. The van der Waals surface area contributed by atoms with Crippen molar-refractivity contribution < 1.29 is 9.66 Å². The highest BCUT2D eigenvalue weighted by Gasteiger charge is 2.25. The zero-order valence-electron chi connectivity index (χ0n) is 10.7. The Morgan fingerprint density at radius 3 is 3.06 bits per heavy atom. The van der Waals surface area contributed by atoms with E-state index >= 15 is 0 Å². The van der Waals surface area contributed by atoms with E-state index in [1.165, 1.54) is 4.68 Å². The number of nitrogens with zero attached hydrogens (tertiary/aromatic N) is 3. The monoisotopic (exact) mass is 254 g/mol. The van der Waals surface area contributed by atoms with Gasteiger partial charge in [0.05, 0.1) is 11.5 Å². The maximum absolute atomic E-state index is 10.9. The first-order valence-electron chi connectivity index (χ1n) is 6.11. The van der Waals surface area contributed by atoms with Crippen LogP contribution in [0.1, 0.15) is 18.5 Å². The molecule has 1 N–H and O–H groups in total. The number of ether oxygens (including phenoxy) is 1. The molecule has 0 aromatic carbocycles. The number of rotatable bonds is 5. The molecule has 1 aliphatic rings. The Balaban J connectivity index is 1.97. The van der Waals surface area contributed by atoms with Gasteiger partial charge in [-0.15, -0.1) is 0 Å². The van der Waals surface area contributed by atoms with Crippen LogP contribution in [-0.4, -0.2) is 34.4 Å². The summed E-state index contributed by atoms with van der Waals surface area (Å²) in [6.07, 6.45) is 2.06. The van der Waals surface area contributed by atoms with E-state index < -0.39 is 4.92 Å². The zero-order valence-corrected chi connectivity index (χ0v) is 10.7. The number of aryl methyl sites for hydroxylation is 2. The van der Waals surface area contributed by atoms with Crippen molar-refractivity contribution in [3.05, 3.63) is 15.8 Å². The largest absolute Gasteiger partial charge is 0.473 e. The van der Waals surface area contributed by atoms with Crippen LogP contribution in [0.15, 0.2) is 0 Å². The third kappa shape index (κ3) is 2.61. The van der Waals surface area contributed by atoms with E-state index in [1.807, 2.05) is 0 Å². The first-order valence-corrected chi connectivity index (χ1v) is 6.11. The van der Waals surface area contributed by atoms with Crippen molar-refractivity contribution >= 4 is 5.69 Å². The molecular formula is C11H18N4O3. The fourth-order valence-corrected chi connectivity index (χ4v) is 2.28. The Labute approximate surface area is 105 Å². The van der Waals surface area contributed by atoms with Crippen LogP contribution in [0.4, 0.5) is 5.69 Å². The number of nitrogens with one attached hydrogen (secondary N) is 1. The van der Waals surface area contributed by atoms with E-state index in [2.05, 4.69) is 10.4 Å². The molecule has 0 bridgehead atoms. The summed E-state index contributed by atoms with van der Waals surface area (Å²) in [5.41, 5.74) is 0.363. The van der Waals surface area contributed by atoms with Crippen LogP contribution in [0.25, 0.3) is 0 Å². The summed E-state index contributed by atoms with van der Waals surface area (Å²) >= 11 is 0. The lowest BCUT2D eigenvalue weighted by molar-refractivity contribution is -0.386. The van der Waals surface area contributed by atoms with Gasteiger partial charge in [0.15, 0.2) is 0 Å². The average Bonchev–Trinajstić information content (AvgIpc) is 2.87. The van der Waals surface area contributed by atoms with Gasteiger partial charge in [-0.3, -0.25) is 10.1 Å². The molecule has 18 heavy (non-hydrogen) atoms. The summed E-state index contributed by atoms with van der Waals surface area (Å²) in [7, 11) is 1.66. The third-order valence-corrected chi connectivity index (χ3v) is 3.25. The standard InChI is InChI=1S/C11H18N4O3/c1-8-10(15(16)17)11(14(2)13-8)18-6-4-9-3-5-12-7-9/h9,12H,3-7H2,1-2H3. The lowest BCUT2D eigenvalue weighted by Crippen LogP contribution is -2.12. The first kappa shape index (κ1) is 12.8. The molecule has 1 aromatic heterocycles. The minimum atomic E-state index is -0.436. The van der Waals surface area contributed by atoms with Gasteiger partial charge in [0.1, 0.15) is 5.69 Å². The van der Waals surface area contributed by atoms with Gasteiger partial charge in [0.25, 0.3) is 5.88 Å². The van der Waals surface area contributed by atoms with Gasteiger partial charge < -0.3 is 10.1 Å². The second-order valence-electron chi connectivity index (χ2n) is 4.62. The summed E-state index contributed by atoms with van der Waals surface area (Å²) in [5.74, 6) is 0.863. The molecule has 1 aromatic rings. The molecule has 7 heteroatoms. The average molecular weight is 254 g/mol. The van der Waals surface area contributed by atoms with Crippen LogP contribution < -0.4 is 10.1 Å². The highest BCUT2D eigenvalue weighted by molar-refractivity contribution is 5.45. The van der Waals surface area contributed by atoms with E-state index in [-0.39, 0.29) is 11.6 Å². The molecule has 1 aliphatic heterocycles. The molecule has 0 amide bonds. The van der Waals surface area contributed by atoms with Gasteiger partial charge in [0, 0.05) is 7.05 Å². The first-order chi connectivity index (χ1) is 8.59. The fraction of sp³-hybridized carbons (Fsp3) is 0.727. The van der Waals surface area contributed by atoms with Crippen molar-refractivity contribution in [2.24, 2.45) is 13.0 Å². The predicted molar refractivity (Wildman–Crippen MR) is 65.7 cm³/mol. The van der Waals surface area contributed by atoms with Gasteiger partial charge in [0.2, 0.25) is 0 Å². The number of aromatic nitrogens is 2. The molecule has 1 fully saturated rings. The molecule has 7 nitrogen and oxygen atoms in total. The van der Waals surface area contributed by atoms with Crippen molar-refractivity contribution in [3.63, 3.8) is 0 Å². The Morgan fingerprint density at radius 2 is 2.44 bits per heavy atom. The molecule has 1 unspecified atom stereocenters. The van der Waals surface area contributed by atoms with E-state index in [1.54, 1.807) is 14.0 Å². The van der Waals surface area contributed by atoms with Crippen molar-refractivity contribution in [1.82, 2.24) is 15.1 Å². The van der Waals surface area contributed by atoms with E-state index in [9.17, 15) is 10.1 Å². The molecule has 100 valence electrons. The van der Waals surface area contributed by atoms with Gasteiger partial charge in [-0.05, 0) is 38.8 Å². The second kappa shape index (κ2) is 5.34. The van der Waals surface area contributed by atoms with E-state index in [0.29, 0.717) is 18.2 Å². The lowest BCUT2D eigenvalue weighted by atomic mass is 10.1. The molecule has 0 spiro atoms. The topological polar surface area (TPSA) is 82.2 Å². The summed E-state index contributed by atoms with van der Waals surface area (Å²) in [6, 6.07) is 0. The molecular weight excluding hydrogens is 236 g/mol. The summed E-state index contributed by atoms with van der Waals surface area (Å²) in [4.78, 5) is 10.5. The highest BCUT2D eigenvalue weighted by atomic mass is 16.6. The lowest BCUT2D eigenvalue weighted by Gasteiger charge is -2.09. The molecule has 0 aliphatic carbocycles. The zero-order chi connectivity index (χ0) is 13.1. The Kier molecular flexibility index (Phi) is 3.81. The normalized spacial score (nSPS) is 19.1. The van der Waals surface area contributed by atoms with Crippen LogP contribution in [0.3, 0.4) is 0 Å². The maximum atomic E-state index is 10.9. The van der Waals surface area contributed by atoms with E-state index in [0.717, 1.165) is 25.9 Å². The molecule has 2 rings (SSSR count). The SMILES string of the molecule is Cc1nn(C)c(OCCC2CCNC2)c1[N+](=O)[O-]. The molecule has 0 radical (unpaired) electrons. The van der Waals surface area contributed by atoms with E-state index in [4.69, 9.17) is 4.74 Å². The van der Waals surface area contributed by atoms with Crippen LogP contribution in [-0.2, 0) is 7.05 Å². The van der Waals surface area contributed by atoms with Gasteiger partial charge in [-0.1, -0.05) is 0 Å². The number of nitro groups is 1. The molecule has 1 atom stereocenters. The van der Waals surface area contributed by atoms with Crippen molar-refractivity contribution in [3.8, 4) is 5.88 Å². The van der Waals surface area contributed by atoms with Gasteiger partial charge >= 0.3 is 5.69 Å². The molecule has 2 heterocycles. The molecule has 1 saturated heterocycles. The highest BCUT2D eigenvalue weighted by Crippen LogP contribution is 2.29. The fourth-order valence-electron chi connectivity index (χ4n) is 2.28. The molecule has 0 saturated carbocycles. The minimum absolute atomic E-state index is 0.0259. The van der Waals surface area contributed by atoms with Crippen LogP contribution >= 0.6 is 0 Å². The summed E-state index contributed by atoms with van der Waals surface area (Å²) < 4.78 is 6.97. The van der Waals surface area contributed by atoms with Crippen LogP contribution in [0.5, 0.6) is 5.88 Å². The van der Waals surface area contributed by atoms with Crippen molar-refractivity contribution in [1.29, 1.82) is 0 Å². The Bertz CT molecular complexity index is 438. The Hall–Kier alpha value is -1.63. The van der Waals surface area contributed by atoms with Crippen LogP contribution in [0.2, 0.25) is 0 Å². The second-order valence-corrected chi connectivity index (χ2v) is 4.62. The van der Waals surface area contributed by atoms with Crippen LogP contribution in [0, 0.1) is 23.0 Å². The number of hydrogen-bond donors (Lipinski definition) is 1. The quantitative estimate of drug-likeness (QED) is 0.626. The minimum Gasteiger partial charge on any atom is -0.473 e. The number of hydrogen-bond acceptors (Lipinski definition) is 5. The van der Waals surface area contributed by atoms with Crippen molar-refractivity contribution in [2.45, 2.75) is 19.8 Å².